The molecule has 0 aromatic heterocycles. The molecule has 0 unspecified atom stereocenters. The number of halogens is 13. The van der Waals surface area contributed by atoms with E-state index in [9.17, 15) is 57.1 Å². The van der Waals surface area contributed by atoms with Crippen molar-refractivity contribution in [3.8, 4) is 44.9 Å². The number of aryl methyl sites for hydroxylation is 1. The van der Waals surface area contributed by atoms with Crippen LogP contribution in [0, 0.1) is 53.5 Å². The third-order valence-electron chi connectivity index (χ3n) is 6.81. The van der Waals surface area contributed by atoms with Crippen LogP contribution in [-0.2, 0) is 6.11 Å². The van der Waals surface area contributed by atoms with Gasteiger partial charge in [0.1, 0.15) is 52.0 Å². The average Bonchev–Trinajstić information content (AvgIpc) is 2.92. The van der Waals surface area contributed by atoms with Crippen molar-refractivity contribution in [1.82, 2.24) is 0 Å². The quantitative estimate of drug-likeness (QED) is 0.158. The molecule has 0 heterocycles. The molecule has 0 saturated carbocycles. The fourth-order valence-corrected chi connectivity index (χ4v) is 4.80. The first-order valence-corrected chi connectivity index (χ1v) is 13.2. The molecule has 5 rings (SSSR count). The van der Waals surface area contributed by atoms with Gasteiger partial charge in [-0.2, -0.15) is 8.78 Å². The summed E-state index contributed by atoms with van der Waals surface area (Å²) in [6.07, 6.45) is -10.3. The Bertz CT molecular complexity index is 1990. The molecule has 0 amide bonds. The number of ether oxygens (including phenoxy) is 2. The molecule has 5 aromatic rings. The Morgan fingerprint density at radius 3 is 1.48 bits per heavy atom. The van der Waals surface area contributed by atoms with Gasteiger partial charge in [0.25, 0.3) is 0 Å². The third kappa shape index (κ3) is 6.89. The first-order chi connectivity index (χ1) is 22.3. The van der Waals surface area contributed by atoms with Crippen LogP contribution in [0.3, 0.4) is 0 Å². The van der Waals surface area contributed by atoms with Gasteiger partial charge in [0.15, 0.2) is 11.6 Å². The van der Waals surface area contributed by atoms with Gasteiger partial charge in [0, 0.05) is 17.7 Å². The van der Waals surface area contributed by atoms with Gasteiger partial charge >= 0.3 is 12.5 Å². The lowest BCUT2D eigenvalue weighted by atomic mass is 9.97. The van der Waals surface area contributed by atoms with Crippen LogP contribution >= 0.6 is 0 Å². The van der Waals surface area contributed by atoms with Crippen molar-refractivity contribution in [3.05, 3.63) is 130 Å². The second-order valence-electron chi connectivity index (χ2n) is 10.2. The summed E-state index contributed by atoms with van der Waals surface area (Å²) in [5, 5.41) is 0. The normalized spacial score (nSPS) is 12.0. The summed E-state index contributed by atoms with van der Waals surface area (Å²) >= 11 is 0. The van der Waals surface area contributed by atoms with E-state index in [1.54, 1.807) is 6.92 Å². The number of benzene rings is 5. The van der Waals surface area contributed by atoms with Gasteiger partial charge in [-0.3, -0.25) is 0 Å². The summed E-state index contributed by atoms with van der Waals surface area (Å²) in [6.45, 7) is 1.57. The second-order valence-corrected chi connectivity index (χ2v) is 10.2. The number of rotatable bonds is 7. The Hall–Kier alpha value is -5.21. The van der Waals surface area contributed by atoms with Crippen LogP contribution in [0.15, 0.2) is 72.8 Å². The smallest absolute Gasteiger partial charge is 0.429 e. The SMILES string of the molecule is Cc1ccc(-c2cc(F)c(-c3cc(F)c(C(F)(F)Oc4cc(F)c(-c5ccc(OC(F)(F)F)c(F)c5)c(F)c4)c(F)c3)c(F)c2)c(F)c1. The molecule has 0 bridgehead atoms. The minimum absolute atomic E-state index is 0.123. The van der Waals surface area contributed by atoms with E-state index in [2.05, 4.69) is 9.47 Å². The molecular formula is C33H15F13O2. The molecule has 0 fully saturated rings. The molecule has 48 heavy (non-hydrogen) atoms. The van der Waals surface area contributed by atoms with Crippen molar-refractivity contribution >= 4 is 0 Å². The van der Waals surface area contributed by atoms with E-state index < -0.39 is 98.3 Å². The molecule has 0 spiro atoms. The minimum Gasteiger partial charge on any atom is -0.429 e. The first kappa shape index (κ1) is 34.1. The van der Waals surface area contributed by atoms with Crippen LogP contribution in [0.1, 0.15) is 11.1 Å². The summed E-state index contributed by atoms with van der Waals surface area (Å²) in [5.74, 6) is -15.6. The Labute approximate surface area is 261 Å². The van der Waals surface area contributed by atoms with Gasteiger partial charge in [-0.1, -0.05) is 18.2 Å². The zero-order valence-electron chi connectivity index (χ0n) is 23.7. The van der Waals surface area contributed by atoms with Crippen molar-refractivity contribution in [1.29, 1.82) is 0 Å². The molecule has 2 nitrogen and oxygen atoms in total. The monoisotopic (exact) mass is 690 g/mol. The summed E-state index contributed by atoms with van der Waals surface area (Å²) in [6, 6.07) is 6.98. The van der Waals surface area contributed by atoms with E-state index >= 15 is 0 Å². The highest BCUT2D eigenvalue weighted by Gasteiger charge is 2.42. The maximum Gasteiger partial charge on any atom is 0.573 e. The number of hydrogen-bond donors (Lipinski definition) is 0. The van der Waals surface area contributed by atoms with Crippen molar-refractivity contribution in [2.24, 2.45) is 0 Å². The molecule has 5 aromatic carbocycles. The zero-order chi connectivity index (χ0) is 35.3. The first-order valence-electron chi connectivity index (χ1n) is 13.2. The van der Waals surface area contributed by atoms with E-state index in [0.717, 1.165) is 6.07 Å². The summed E-state index contributed by atoms with van der Waals surface area (Å²) in [4.78, 5) is 0. The molecule has 250 valence electrons. The lowest BCUT2D eigenvalue weighted by Gasteiger charge is -2.21. The van der Waals surface area contributed by atoms with E-state index in [-0.39, 0.29) is 41.5 Å². The van der Waals surface area contributed by atoms with Crippen LogP contribution in [0.4, 0.5) is 57.1 Å². The Balaban J connectivity index is 1.44. The molecule has 0 aliphatic rings. The van der Waals surface area contributed by atoms with Gasteiger partial charge in [0.05, 0.1) is 11.1 Å². The van der Waals surface area contributed by atoms with Gasteiger partial charge in [-0.25, -0.2) is 35.1 Å². The van der Waals surface area contributed by atoms with E-state index in [1.807, 2.05) is 0 Å². The number of hydrogen-bond acceptors (Lipinski definition) is 2. The molecule has 0 radical (unpaired) electrons. The Kier molecular flexibility index (Phi) is 8.84. The second kappa shape index (κ2) is 12.4. The number of alkyl halides is 5. The van der Waals surface area contributed by atoms with Crippen molar-refractivity contribution in [3.63, 3.8) is 0 Å². The van der Waals surface area contributed by atoms with Crippen LogP contribution in [0.2, 0.25) is 0 Å². The largest absolute Gasteiger partial charge is 0.573 e. The van der Waals surface area contributed by atoms with Crippen LogP contribution in [0.5, 0.6) is 11.5 Å². The topological polar surface area (TPSA) is 18.5 Å². The van der Waals surface area contributed by atoms with Crippen LogP contribution < -0.4 is 9.47 Å². The fourth-order valence-electron chi connectivity index (χ4n) is 4.80. The highest BCUT2D eigenvalue weighted by atomic mass is 19.4. The molecule has 0 N–H and O–H groups in total. The van der Waals surface area contributed by atoms with Gasteiger partial charge < -0.3 is 9.47 Å². The highest BCUT2D eigenvalue weighted by Crippen LogP contribution is 2.41. The summed E-state index contributed by atoms with van der Waals surface area (Å²) in [7, 11) is 0. The lowest BCUT2D eigenvalue weighted by molar-refractivity contribution is -0.275. The highest BCUT2D eigenvalue weighted by molar-refractivity contribution is 5.73. The molecule has 0 atom stereocenters. The van der Waals surface area contributed by atoms with Gasteiger partial charge in [-0.05, 0) is 71.6 Å². The molecule has 0 saturated heterocycles. The van der Waals surface area contributed by atoms with Crippen molar-refractivity contribution < 1.29 is 66.5 Å². The summed E-state index contributed by atoms with van der Waals surface area (Å²) in [5.41, 5.74) is -5.77. The van der Waals surface area contributed by atoms with Crippen molar-refractivity contribution in [2.45, 2.75) is 19.4 Å². The fraction of sp³-hybridized carbons (Fsp3) is 0.0909. The standard InChI is InChI=1S/C33H15F13O2/c1-14-2-4-19(20(34)6-14)16-8-22(36)30(23(37)9-16)17-10-26(40)31(27(41)11-17)32(42,43)47-18-12-24(38)29(25(39)13-18)15-3-5-28(21(35)7-15)48-33(44,45)46/h2-13H,1H3. The average molecular weight is 690 g/mol. The van der Waals surface area contributed by atoms with Gasteiger partial charge in [0.2, 0.25) is 0 Å². The Morgan fingerprint density at radius 1 is 0.458 bits per heavy atom. The Morgan fingerprint density at radius 2 is 0.958 bits per heavy atom. The third-order valence-corrected chi connectivity index (χ3v) is 6.81. The maximum atomic E-state index is 15.0. The van der Waals surface area contributed by atoms with Gasteiger partial charge in [-0.15, -0.1) is 13.2 Å². The van der Waals surface area contributed by atoms with Crippen LogP contribution in [0.25, 0.3) is 33.4 Å². The molecule has 0 aliphatic heterocycles. The van der Waals surface area contributed by atoms with Crippen LogP contribution in [-0.4, -0.2) is 6.36 Å². The zero-order valence-corrected chi connectivity index (χ0v) is 23.7. The van der Waals surface area contributed by atoms with E-state index in [0.29, 0.717) is 29.8 Å². The minimum atomic E-state index is -5.29. The van der Waals surface area contributed by atoms with E-state index in [4.69, 9.17) is 0 Å². The molecular weight excluding hydrogens is 675 g/mol. The molecule has 15 heteroatoms. The lowest BCUT2D eigenvalue weighted by Crippen LogP contribution is -2.25. The molecule has 0 aliphatic carbocycles. The van der Waals surface area contributed by atoms with E-state index in [1.165, 1.54) is 12.1 Å². The predicted molar refractivity (Wildman–Crippen MR) is 145 cm³/mol. The predicted octanol–water partition coefficient (Wildman–Crippen LogP) is 11.1. The summed E-state index contributed by atoms with van der Waals surface area (Å²) < 4.78 is 193. The van der Waals surface area contributed by atoms with Crippen molar-refractivity contribution in [2.75, 3.05) is 0 Å². The maximum absolute atomic E-state index is 15.0.